The van der Waals surface area contributed by atoms with Crippen LogP contribution in [0.15, 0.2) is 46.9 Å². The normalized spacial score (nSPS) is 10.2. The van der Waals surface area contributed by atoms with Crippen LogP contribution in [0.4, 0.5) is 5.69 Å². The third-order valence-electron chi connectivity index (χ3n) is 2.63. The lowest BCUT2D eigenvalue weighted by atomic mass is 10.2. The topological polar surface area (TPSA) is 61.6 Å². The average Bonchev–Trinajstić information content (AvgIpc) is 2.43. The van der Waals surface area contributed by atoms with Crippen LogP contribution in [-0.4, -0.2) is 19.2 Å². The van der Waals surface area contributed by atoms with Crippen molar-refractivity contribution in [3.63, 3.8) is 0 Å². The molecule has 21 heavy (non-hydrogen) atoms. The molecule has 0 radical (unpaired) electrons. The molecule has 4 nitrogen and oxygen atoms in total. The van der Waals surface area contributed by atoms with Gasteiger partial charge < -0.3 is 15.2 Å². The first-order valence-corrected chi connectivity index (χ1v) is 7.34. The summed E-state index contributed by atoms with van der Waals surface area (Å²) in [6.07, 6.45) is 0. The number of benzene rings is 2. The van der Waals surface area contributed by atoms with Gasteiger partial charge in [0, 0.05) is 10.2 Å². The smallest absolute Gasteiger partial charge is 0.341 e. The summed E-state index contributed by atoms with van der Waals surface area (Å²) in [7, 11) is 0. The number of ether oxygens (including phenoxy) is 2. The van der Waals surface area contributed by atoms with E-state index >= 15 is 0 Å². The molecule has 2 N–H and O–H groups in total. The largest absolute Gasteiger partial charge is 0.490 e. The molecule has 2 rings (SSSR count). The molecule has 110 valence electrons. The monoisotopic (exact) mass is 369 g/mol. The first-order valence-electron chi connectivity index (χ1n) is 6.17. The number of halogens is 2. The maximum absolute atomic E-state index is 11.9. The minimum atomic E-state index is -0.559. The second kappa shape index (κ2) is 7.33. The van der Waals surface area contributed by atoms with Gasteiger partial charge in [0.05, 0.1) is 5.02 Å². The number of carbonyl (C=O) groups excluding carboxylic acids is 1. The Kier molecular flexibility index (Phi) is 5.47. The van der Waals surface area contributed by atoms with E-state index in [2.05, 4.69) is 15.9 Å². The van der Waals surface area contributed by atoms with Crippen molar-refractivity contribution in [3.05, 3.63) is 57.5 Å². The lowest BCUT2D eigenvalue weighted by Crippen LogP contribution is -2.14. The average molecular weight is 371 g/mol. The van der Waals surface area contributed by atoms with Crippen LogP contribution in [0, 0.1) is 0 Å². The van der Waals surface area contributed by atoms with Gasteiger partial charge in [0.15, 0.2) is 0 Å². The van der Waals surface area contributed by atoms with Crippen LogP contribution in [0.1, 0.15) is 10.4 Å². The van der Waals surface area contributed by atoms with E-state index in [0.29, 0.717) is 11.4 Å². The van der Waals surface area contributed by atoms with Crippen molar-refractivity contribution in [3.8, 4) is 5.75 Å². The molecule has 0 spiro atoms. The van der Waals surface area contributed by atoms with Crippen molar-refractivity contribution in [1.82, 2.24) is 0 Å². The third-order valence-corrected chi connectivity index (χ3v) is 3.44. The molecule has 0 saturated heterocycles. The van der Waals surface area contributed by atoms with E-state index in [0.717, 1.165) is 4.47 Å². The number of hydrogen-bond acceptors (Lipinski definition) is 4. The highest BCUT2D eigenvalue weighted by atomic mass is 79.9. The molecule has 2 aromatic rings. The Bertz CT molecular complexity index is 628. The van der Waals surface area contributed by atoms with Crippen LogP contribution in [0.3, 0.4) is 0 Å². The zero-order valence-corrected chi connectivity index (χ0v) is 13.4. The van der Waals surface area contributed by atoms with E-state index in [-0.39, 0.29) is 23.8 Å². The van der Waals surface area contributed by atoms with Crippen molar-refractivity contribution in [2.75, 3.05) is 18.9 Å². The van der Waals surface area contributed by atoms with Crippen LogP contribution in [-0.2, 0) is 4.74 Å². The predicted molar refractivity (Wildman–Crippen MR) is 85.8 cm³/mol. The molecule has 0 saturated carbocycles. The molecular weight excluding hydrogens is 358 g/mol. The summed E-state index contributed by atoms with van der Waals surface area (Å²) in [5, 5.41) is 0.271. The summed E-state index contributed by atoms with van der Waals surface area (Å²) >= 11 is 9.28. The predicted octanol–water partition coefficient (Wildman–Crippen LogP) is 3.92. The van der Waals surface area contributed by atoms with E-state index in [9.17, 15) is 4.79 Å². The summed E-state index contributed by atoms with van der Waals surface area (Å²) in [4.78, 5) is 11.9. The number of nitrogens with two attached hydrogens (primary N) is 1. The van der Waals surface area contributed by atoms with Gasteiger partial charge >= 0.3 is 5.97 Å². The summed E-state index contributed by atoms with van der Waals surface area (Å²) in [6, 6.07) is 12.3. The maximum atomic E-state index is 11.9. The number of anilines is 1. The Labute approximate surface area is 135 Å². The Hall–Kier alpha value is -1.72. The minimum absolute atomic E-state index is 0.107. The van der Waals surface area contributed by atoms with Crippen molar-refractivity contribution in [2.24, 2.45) is 0 Å². The van der Waals surface area contributed by atoms with Gasteiger partial charge in [-0.1, -0.05) is 39.7 Å². The standard InChI is InChI=1S/C15H13BrClNO3/c16-10-3-1-4-11(9-10)20-7-8-21-15(19)14-12(17)5-2-6-13(14)18/h1-6,9H,7-8,18H2. The minimum Gasteiger partial charge on any atom is -0.490 e. The lowest BCUT2D eigenvalue weighted by Gasteiger charge is -2.09. The third kappa shape index (κ3) is 4.37. The highest BCUT2D eigenvalue weighted by Gasteiger charge is 2.15. The molecule has 0 bridgehead atoms. The van der Waals surface area contributed by atoms with Gasteiger partial charge in [0.25, 0.3) is 0 Å². The number of carbonyl (C=O) groups is 1. The zero-order chi connectivity index (χ0) is 15.2. The van der Waals surface area contributed by atoms with Gasteiger partial charge in [-0.05, 0) is 30.3 Å². The number of nitrogen functional groups attached to an aromatic ring is 1. The first kappa shape index (κ1) is 15.7. The maximum Gasteiger partial charge on any atom is 0.341 e. The van der Waals surface area contributed by atoms with Crippen molar-refractivity contribution >= 4 is 39.2 Å². The lowest BCUT2D eigenvalue weighted by molar-refractivity contribution is 0.0452. The van der Waals surface area contributed by atoms with Gasteiger partial charge in [-0.15, -0.1) is 0 Å². The van der Waals surface area contributed by atoms with E-state index in [1.54, 1.807) is 18.2 Å². The molecule has 0 fully saturated rings. The molecule has 0 heterocycles. The molecule has 0 unspecified atom stereocenters. The summed E-state index contributed by atoms with van der Waals surface area (Å²) in [6.45, 7) is 0.350. The first-order chi connectivity index (χ1) is 10.1. The van der Waals surface area contributed by atoms with Crippen molar-refractivity contribution < 1.29 is 14.3 Å². The SMILES string of the molecule is Nc1cccc(Cl)c1C(=O)OCCOc1cccc(Br)c1. The van der Waals surface area contributed by atoms with Crippen molar-refractivity contribution in [1.29, 1.82) is 0 Å². The Morgan fingerprint density at radius 1 is 1.19 bits per heavy atom. The van der Waals surface area contributed by atoms with Crippen molar-refractivity contribution in [2.45, 2.75) is 0 Å². The molecular formula is C15H13BrClNO3. The van der Waals surface area contributed by atoms with Gasteiger partial charge in [0.1, 0.15) is 24.5 Å². The molecule has 6 heteroatoms. The number of esters is 1. The van der Waals surface area contributed by atoms with Gasteiger partial charge in [0.2, 0.25) is 0 Å². The second-order valence-corrected chi connectivity index (χ2v) is 5.47. The fourth-order valence-corrected chi connectivity index (χ4v) is 2.32. The summed E-state index contributed by atoms with van der Waals surface area (Å²) in [5.74, 6) is 0.133. The van der Waals surface area contributed by atoms with E-state index < -0.39 is 5.97 Å². The van der Waals surface area contributed by atoms with Crippen LogP contribution in [0.5, 0.6) is 5.75 Å². The van der Waals surface area contributed by atoms with Crippen LogP contribution in [0.25, 0.3) is 0 Å². The highest BCUT2D eigenvalue weighted by molar-refractivity contribution is 9.10. The van der Waals surface area contributed by atoms with Gasteiger partial charge in [-0.2, -0.15) is 0 Å². The highest BCUT2D eigenvalue weighted by Crippen LogP contribution is 2.22. The molecule has 0 aliphatic carbocycles. The van der Waals surface area contributed by atoms with Crippen LogP contribution in [0.2, 0.25) is 5.02 Å². The molecule has 2 aromatic carbocycles. The number of hydrogen-bond donors (Lipinski definition) is 1. The van der Waals surface area contributed by atoms with Gasteiger partial charge in [-0.25, -0.2) is 4.79 Å². The Morgan fingerprint density at radius 3 is 2.67 bits per heavy atom. The number of rotatable bonds is 5. The molecule has 0 atom stereocenters. The van der Waals surface area contributed by atoms with E-state index in [4.69, 9.17) is 26.8 Å². The summed E-state index contributed by atoms with van der Waals surface area (Å²) in [5.41, 5.74) is 6.19. The summed E-state index contributed by atoms with van der Waals surface area (Å²) < 4.78 is 11.5. The van der Waals surface area contributed by atoms with Crippen LogP contribution < -0.4 is 10.5 Å². The molecule has 0 aromatic heterocycles. The molecule has 0 aliphatic heterocycles. The molecule has 0 aliphatic rings. The van der Waals surface area contributed by atoms with E-state index in [1.807, 2.05) is 24.3 Å². The zero-order valence-electron chi connectivity index (χ0n) is 11.0. The second-order valence-electron chi connectivity index (χ2n) is 4.15. The van der Waals surface area contributed by atoms with Gasteiger partial charge in [-0.3, -0.25) is 0 Å². The molecule has 0 amide bonds. The fourth-order valence-electron chi connectivity index (χ4n) is 1.68. The fraction of sp³-hybridized carbons (Fsp3) is 0.133. The van der Waals surface area contributed by atoms with Crippen LogP contribution >= 0.6 is 27.5 Å². The van der Waals surface area contributed by atoms with E-state index in [1.165, 1.54) is 0 Å². The Balaban J connectivity index is 1.85. The Morgan fingerprint density at radius 2 is 1.95 bits per heavy atom. The quantitative estimate of drug-likeness (QED) is 0.492.